The van der Waals surface area contributed by atoms with Gasteiger partial charge in [-0.1, -0.05) is 18.5 Å². The zero-order chi connectivity index (χ0) is 17.6. The van der Waals surface area contributed by atoms with Gasteiger partial charge in [-0.2, -0.15) is 5.10 Å². The normalized spacial score (nSPS) is 21.2. The Kier molecular flexibility index (Phi) is 4.16. The lowest BCUT2D eigenvalue weighted by molar-refractivity contribution is 0.0774. The van der Waals surface area contributed by atoms with Crippen molar-refractivity contribution in [1.82, 2.24) is 24.7 Å². The van der Waals surface area contributed by atoms with Gasteiger partial charge in [-0.3, -0.25) is 9.59 Å². The summed E-state index contributed by atoms with van der Waals surface area (Å²) >= 11 is 0. The molecular formula is C16H23N5O3. The van der Waals surface area contributed by atoms with E-state index in [2.05, 4.69) is 22.1 Å². The van der Waals surface area contributed by atoms with Crippen LogP contribution in [-0.2, 0) is 7.05 Å². The second kappa shape index (κ2) is 6.01. The minimum Gasteiger partial charge on any atom is -0.360 e. The van der Waals surface area contributed by atoms with Gasteiger partial charge in [0.15, 0.2) is 11.2 Å². The molecule has 2 atom stereocenters. The van der Waals surface area contributed by atoms with Crippen LogP contribution in [0.5, 0.6) is 0 Å². The van der Waals surface area contributed by atoms with Crippen molar-refractivity contribution in [3.63, 3.8) is 0 Å². The molecule has 0 bridgehead atoms. The maximum absolute atomic E-state index is 13.1. The van der Waals surface area contributed by atoms with Crippen LogP contribution in [0, 0.1) is 12.8 Å². The predicted octanol–water partition coefficient (Wildman–Crippen LogP) is 0.642. The first-order valence-electron chi connectivity index (χ1n) is 8.14. The van der Waals surface area contributed by atoms with Gasteiger partial charge in [0.25, 0.3) is 11.5 Å². The molecule has 24 heavy (non-hydrogen) atoms. The highest BCUT2D eigenvalue weighted by Crippen LogP contribution is 2.26. The smallest absolute Gasteiger partial charge is 0.296 e. The zero-order valence-electron chi connectivity index (χ0n) is 14.7. The topological polar surface area (TPSA) is 84.5 Å². The first kappa shape index (κ1) is 16.6. The lowest BCUT2D eigenvalue weighted by atomic mass is 10.0. The summed E-state index contributed by atoms with van der Waals surface area (Å²) in [5.74, 6) is 0.689. The van der Waals surface area contributed by atoms with E-state index in [9.17, 15) is 9.59 Å². The van der Waals surface area contributed by atoms with Gasteiger partial charge in [0, 0.05) is 26.2 Å². The molecule has 0 aromatic carbocycles. The van der Waals surface area contributed by atoms with Crippen molar-refractivity contribution in [2.45, 2.75) is 26.3 Å². The number of hydrogen-bond acceptors (Lipinski definition) is 6. The summed E-state index contributed by atoms with van der Waals surface area (Å²) in [6, 6.07) is 0.325. The Bertz CT molecular complexity index is 838. The van der Waals surface area contributed by atoms with Gasteiger partial charge in [0.05, 0.1) is 5.39 Å². The van der Waals surface area contributed by atoms with Crippen LogP contribution in [0.2, 0.25) is 0 Å². The molecule has 3 heterocycles. The fraction of sp³-hybridized carbons (Fsp3) is 0.625. The Morgan fingerprint density at radius 2 is 2.08 bits per heavy atom. The average Bonchev–Trinajstić information content (AvgIpc) is 3.14. The highest BCUT2D eigenvalue weighted by Gasteiger charge is 2.37. The van der Waals surface area contributed by atoms with Crippen molar-refractivity contribution in [2.24, 2.45) is 13.0 Å². The quantitative estimate of drug-likeness (QED) is 0.820. The van der Waals surface area contributed by atoms with Crippen LogP contribution in [0.1, 0.15) is 29.6 Å². The van der Waals surface area contributed by atoms with Crippen LogP contribution in [-0.4, -0.2) is 63.9 Å². The molecule has 2 aromatic heterocycles. The Morgan fingerprint density at radius 3 is 2.67 bits per heavy atom. The number of nitrogens with zero attached hydrogens (tertiary/aromatic N) is 5. The first-order chi connectivity index (χ1) is 11.3. The van der Waals surface area contributed by atoms with E-state index in [1.54, 1.807) is 6.92 Å². The average molecular weight is 333 g/mol. The third-order valence-electron chi connectivity index (χ3n) is 4.93. The summed E-state index contributed by atoms with van der Waals surface area (Å²) in [6.07, 6.45) is 1.01. The molecule has 2 aromatic rings. The molecule has 0 radical (unpaired) electrons. The Balaban J connectivity index is 2.03. The molecular weight excluding hydrogens is 310 g/mol. The van der Waals surface area contributed by atoms with E-state index in [4.69, 9.17) is 4.52 Å². The summed E-state index contributed by atoms with van der Waals surface area (Å²) in [6.45, 7) is 5.17. The Hall–Kier alpha value is -2.22. The van der Waals surface area contributed by atoms with Gasteiger partial charge in [-0.25, -0.2) is 4.68 Å². The SMILES string of the molecule is CCC1CN(C(=O)c2nn(C)c(=O)c3noc(C)c23)CC1N(C)C. The molecule has 1 fully saturated rings. The molecule has 1 aliphatic rings. The number of carbonyl (C=O) groups excluding carboxylic acids is 1. The summed E-state index contributed by atoms with van der Waals surface area (Å²) in [5, 5.41) is 8.41. The predicted molar refractivity (Wildman–Crippen MR) is 88.9 cm³/mol. The summed E-state index contributed by atoms with van der Waals surface area (Å²) in [5.41, 5.74) is 0.0290. The number of likely N-dealkylation sites (tertiary alicyclic amines) is 1. The lowest BCUT2D eigenvalue weighted by Gasteiger charge is -2.23. The van der Waals surface area contributed by atoms with Gasteiger partial charge < -0.3 is 14.3 Å². The van der Waals surface area contributed by atoms with Gasteiger partial charge in [-0.05, 0) is 26.9 Å². The fourth-order valence-corrected chi connectivity index (χ4v) is 3.50. The van der Waals surface area contributed by atoms with Crippen LogP contribution in [0.3, 0.4) is 0 Å². The van der Waals surface area contributed by atoms with Gasteiger partial charge in [-0.15, -0.1) is 0 Å². The molecule has 0 N–H and O–H groups in total. The first-order valence-corrected chi connectivity index (χ1v) is 8.14. The van der Waals surface area contributed by atoms with Crippen LogP contribution < -0.4 is 5.56 Å². The van der Waals surface area contributed by atoms with E-state index >= 15 is 0 Å². The summed E-state index contributed by atoms with van der Waals surface area (Å²) in [4.78, 5) is 29.2. The molecule has 2 unspecified atom stereocenters. The molecule has 8 heteroatoms. The molecule has 0 spiro atoms. The second-order valence-electron chi connectivity index (χ2n) is 6.65. The molecule has 1 aliphatic heterocycles. The minimum atomic E-state index is -0.363. The highest BCUT2D eigenvalue weighted by atomic mass is 16.5. The standard InChI is InChI=1S/C16H23N5O3/c1-6-10-7-21(8-11(10)19(3)4)16(23)13-12-9(2)24-18-14(12)15(22)20(5)17-13/h10-11H,6-8H2,1-5H3. The maximum Gasteiger partial charge on any atom is 0.296 e. The number of aryl methyl sites for hydroxylation is 2. The lowest BCUT2D eigenvalue weighted by Crippen LogP contribution is -2.37. The molecule has 0 saturated carbocycles. The van der Waals surface area contributed by atoms with Crippen molar-refractivity contribution >= 4 is 16.8 Å². The largest absolute Gasteiger partial charge is 0.360 e. The number of fused-ring (bicyclic) bond motifs is 1. The number of amides is 1. The van der Waals surface area contributed by atoms with Gasteiger partial charge in [0.2, 0.25) is 0 Å². The van der Waals surface area contributed by atoms with Crippen molar-refractivity contribution in [3.8, 4) is 0 Å². The third-order valence-corrected chi connectivity index (χ3v) is 4.93. The van der Waals surface area contributed by atoms with Gasteiger partial charge in [0.1, 0.15) is 5.76 Å². The molecule has 130 valence electrons. The van der Waals surface area contributed by atoms with E-state index in [1.807, 2.05) is 19.0 Å². The van der Waals surface area contributed by atoms with E-state index < -0.39 is 0 Å². The molecule has 3 rings (SSSR count). The van der Waals surface area contributed by atoms with E-state index in [1.165, 1.54) is 7.05 Å². The number of likely N-dealkylation sites (N-methyl/N-ethyl adjacent to an activating group) is 1. The van der Waals surface area contributed by atoms with Gasteiger partial charge >= 0.3 is 0 Å². The highest BCUT2D eigenvalue weighted by molar-refractivity contribution is 6.04. The molecule has 1 saturated heterocycles. The maximum atomic E-state index is 13.1. The van der Waals surface area contributed by atoms with E-state index in [0.717, 1.165) is 11.1 Å². The van der Waals surface area contributed by atoms with Crippen molar-refractivity contribution < 1.29 is 9.32 Å². The molecule has 1 amide bonds. The monoisotopic (exact) mass is 333 g/mol. The molecule has 8 nitrogen and oxygen atoms in total. The van der Waals surface area contributed by atoms with Crippen LogP contribution in [0.25, 0.3) is 10.9 Å². The number of aromatic nitrogens is 3. The minimum absolute atomic E-state index is 0.156. The van der Waals surface area contributed by atoms with Crippen LogP contribution in [0.4, 0.5) is 0 Å². The zero-order valence-corrected chi connectivity index (χ0v) is 14.7. The van der Waals surface area contributed by atoms with E-state index in [0.29, 0.717) is 36.2 Å². The second-order valence-corrected chi connectivity index (χ2v) is 6.65. The number of rotatable bonds is 3. The third kappa shape index (κ3) is 2.50. The number of hydrogen-bond donors (Lipinski definition) is 0. The number of carbonyl (C=O) groups is 1. The van der Waals surface area contributed by atoms with Crippen molar-refractivity contribution in [1.29, 1.82) is 0 Å². The Labute approximate surface area is 140 Å². The summed E-state index contributed by atoms with van der Waals surface area (Å²) in [7, 11) is 5.59. The van der Waals surface area contributed by atoms with Crippen LogP contribution in [0.15, 0.2) is 9.32 Å². The van der Waals surface area contributed by atoms with Crippen molar-refractivity contribution in [3.05, 3.63) is 21.8 Å². The fourth-order valence-electron chi connectivity index (χ4n) is 3.50. The van der Waals surface area contributed by atoms with Crippen molar-refractivity contribution in [2.75, 3.05) is 27.2 Å². The van der Waals surface area contributed by atoms with E-state index in [-0.39, 0.29) is 22.7 Å². The Morgan fingerprint density at radius 1 is 1.38 bits per heavy atom. The molecule has 0 aliphatic carbocycles. The summed E-state index contributed by atoms with van der Waals surface area (Å²) < 4.78 is 6.27. The van der Waals surface area contributed by atoms with Crippen LogP contribution >= 0.6 is 0 Å².